The summed E-state index contributed by atoms with van der Waals surface area (Å²) in [5, 5.41) is 4.44. The van der Waals surface area contributed by atoms with Crippen molar-refractivity contribution in [2.45, 2.75) is 32.4 Å². The summed E-state index contributed by atoms with van der Waals surface area (Å²) in [5.41, 5.74) is 4.03. The molecule has 0 amide bonds. The number of carbonyl (C=O) groups is 1. The number of nitrogens with one attached hydrogen (secondary N) is 1. The SMILES string of the molecule is Cc1cc(N[C@@H](Cc2ccccc2)C(=O)O[C@@H](C)c2ccccc2)nc2ccccc12. The molecule has 156 valence electrons. The molecule has 0 unspecified atom stereocenters. The van der Waals surface area contributed by atoms with Gasteiger partial charge in [0, 0.05) is 11.8 Å². The van der Waals surface area contributed by atoms with Gasteiger partial charge >= 0.3 is 5.97 Å². The van der Waals surface area contributed by atoms with Gasteiger partial charge in [0.05, 0.1) is 5.52 Å². The number of nitrogens with zero attached hydrogens (tertiary/aromatic N) is 1. The lowest BCUT2D eigenvalue weighted by Crippen LogP contribution is -2.34. The summed E-state index contributed by atoms with van der Waals surface area (Å²) in [5.74, 6) is 0.370. The van der Waals surface area contributed by atoms with E-state index >= 15 is 0 Å². The van der Waals surface area contributed by atoms with Crippen molar-refractivity contribution in [1.82, 2.24) is 4.98 Å². The van der Waals surface area contributed by atoms with Crippen molar-refractivity contribution in [3.05, 3.63) is 108 Å². The molecule has 4 aromatic rings. The van der Waals surface area contributed by atoms with Crippen molar-refractivity contribution in [3.63, 3.8) is 0 Å². The van der Waals surface area contributed by atoms with Crippen LogP contribution in [-0.4, -0.2) is 17.0 Å². The number of rotatable bonds is 7. The zero-order chi connectivity index (χ0) is 21.6. The Kier molecular flexibility index (Phi) is 6.27. The number of ether oxygens (including phenoxy) is 1. The number of hydrogen-bond acceptors (Lipinski definition) is 4. The molecule has 31 heavy (non-hydrogen) atoms. The smallest absolute Gasteiger partial charge is 0.329 e. The Hall–Kier alpha value is -3.66. The number of aromatic nitrogens is 1. The summed E-state index contributed by atoms with van der Waals surface area (Å²) in [4.78, 5) is 17.9. The molecule has 1 heterocycles. The lowest BCUT2D eigenvalue weighted by Gasteiger charge is -2.22. The summed E-state index contributed by atoms with van der Waals surface area (Å²) in [6.07, 6.45) is 0.175. The standard InChI is InChI=1S/C27H26N2O2/c1-19-17-26(28-24-16-10-9-15-23(19)24)29-25(18-21-11-5-3-6-12-21)27(30)31-20(2)22-13-7-4-8-14-22/h3-17,20,25H,18H2,1-2H3,(H,28,29)/t20-,25-/m0/s1. The quantitative estimate of drug-likeness (QED) is 0.387. The van der Waals surface area contributed by atoms with Gasteiger partial charge in [-0.15, -0.1) is 0 Å². The van der Waals surface area contributed by atoms with Crippen LogP contribution in [0.1, 0.15) is 29.7 Å². The molecule has 0 saturated carbocycles. The highest BCUT2D eigenvalue weighted by molar-refractivity contribution is 5.85. The van der Waals surface area contributed by atoms with Crippen molar-refractivity contribution < 1.29 is 9.53 Å². The molecule has 2 atom stereocenters. The van der Waals surface area contributed by atoms with E-state index in [1.807, 2.05) is 91.9 Å². The number of hydrogen-bond donors (Lipinski definition) is 1. The topological polar surface area (TPSA) is 51.2 Å². The van der Waals surface area contributed by atoms with Crippen LogP contribution in [-0.2, 0) is 16.0 Å². The van der Waals surface area contributed by atoms with E-state index in [0.29, 0.717) is 12.2 Å². The van der Waals surface area contributed by atoms with Gasteiger partial charge in [-0.1, -0.05) is 78.9 Å². The first-order valence-electron chi connectivity index (χ1n) is 10.5. The van der Waals surface area contributed by atoms with E-state index in [-0.39, 0.29) is 12.1 Å². The third-order valence-electron chi connectivity index (χ3n) is 5.37. The highest BCUT2D eigenvalue weighted by atomic mass is 16.5. The maximum Gasteiger partial charge on any atom is 0.329 e. The van der Waals surface area contributed by atoms with Crippen molar-refractivity contribution in [1.29, 1.82) is 0 Å². The third kappa shape index (κ3) is 5.10. The zero-order valence-electron chi connectivity index (χ0n) is 17.8. The molecule has 4 nitrogen and oxygen atoms in total. The molecule has 0 spiro atoms. The molecule has 0 aliphatic rings. The van der Waals surface area contributed by atoms with Crippen LogP contribution in [0.25, 0.3) is 10.9 Å². The second kappa shape index (κ2) is 9.43. The first kappa shape index (κ1) is 20.6. The normalized spacial score (nSPS) is 12.8. The molecule has 0 aliphatic heterocycles. The predicted molar refractivity (Wildman–Crippen MR) is 125 cm³/mol. The van der Waals surface area contributed by atoms with Crippen LogP contribution in [0.5, 0.6) is 0 Å². The first-order chi connectivity index (χ1) is 15.1. The Morgan fingerprint density at radius 3 is 2.32 bits per heavy atom. The van der Waals surface area contributed by atoms with Crippen molar-refractivity contribution >= 4 is 22.7 Å². The molecule has 0 radical (unpaired) electrons. The summed E-state index contributed by atoms with van der Waals surface area (Å²) < 4.78 is 5.83. The molecule has 3 aromatic carbocycles. The number of para-hydroxylation sites is 1. The number of anilines is 1. The number of esters is 1. The van der Waals surface area contributed by atoms with Crippen LogP contribution in [0.4, 0.5) is 5.82 Å². The maximum atomic E-state index is 13.2. The van der Waals surface area contributed by atoms with Gasteiger partial charge in [-0.25, -0.2) is 9.78 Å². The van der Waals surface area contributed by atoms with Gasteiger partial charge in [-0.3, -0.25) is 0 Å². The lowest BCUT2D eigenvalue weighted by molar-refractivity contribution is -0.149. The molecule has 0 fully saturated rings. The van der Waals surface area contributed by atoms with Crippen molar-refractivity contribution in [3.8, 4) is 0 Å². The van der Waals surface area contributed by atoms with E-state index in [9.17, 15) is 4.79 Å². The molecule has 4 rings (SSSR count). The van der Waals surface area contributed by atoms with Crippen LogP contribution >= 0.6 is 0 Å². The van der Waals surface area contributed by atoms with Crippen molar-refractivity contribution in [2.24, 2.45) is 0 Å². The minimum atomic E-state index is -0.554. The van der Waals surface area contributed by atoms with E-state index in [1.54, 1.807) is 0 Å². The molecular weight excluding hydrogens is 384 g/mol. The van der Waals surface area contributed by atoms with Crippen LogP contribution < -0.4 is 5.32 Å². The van der Waals surface area contributed by atoms with Crippen LogP contribution in [0.2, 0.25) is 0 Å². The number of pyridine rings is 1. The highest BCUT2D eigenvalue weighted by Gasteiger charge is 2.24. The highest BCUT2D eigenvalue weighted by Crippen LogP contribution is 2.22. The third-order valence-corrected chi connectivity index (χ3v) is 5.37. The Bertz CT molecular complexity index is 1160. The predicted octanol–water partition coefficient (Wildman–Crippen LogP) is 5.87. The molecule has 0 aliphatic carbocycles. The van der Waals surface area contributed by atoms with Gasteiger partial charge in [0.2, 0.25) is 0 Å². The second-order valence-electron chi connectivity index (χ2n) is 7.72. The van der Waals surface area contributed by atoms with E-state index in [2.05, 4.69) is 18.3 Å². The summed E-state index contributed by atoms with van der Waals surface area (Å²) in [6, 6.07) is 29.2. The Morgan fingerprint density at radius 1 is 0.935 bits per heavy atom. The fraction of sp³-hybridized carbons (Fsp3) is 0.185. The van der Waals surface area contributed by atoms with Gasteiger partial charge in [0.15, 0.2) is 0 Å². The minimum Gasteiger partial charge on any atom is -0.456 e. The van der Waals surface area contributed by atoms with Gasteiger partial charge in [-0.05, 0) is 42.7 Å². The van der Waals surface area contributed by atoms with E-state index in [1.165, 1.54) is 0 Å². The summed E-state index contributed by atoms with van der Waals surface area (Å²) >= 11 is 0. The number of aryl methyl sites for hydroxylation is 1. The fourth-order valence-corrected chi connectivity index (χ4v) is 3.69. The molecule has 4 heteroatoms. The number of benzene rings is 3. The van der Waals surface area contributed by atoms with Crippen LogP contribution in [0.15, 0.2) is 91.0 Å². The Morgan fingerprint density at radius 2 is 1.58 bits per heavy atom. The van der Waals surface area contributed by atoms with E-state index in [4.69, 9.17) is 9.72 Å². The van der Waals surface area contributed by atoms with E-state index in [0.717, 1.165) is 27.6 Å². The first-order valence-corrected chi connectivity index (χ1v) is 10.5. The van der Waals surface area contributed by atoms with E-state index < -0.39 is 6.04 Å². The average Bonchev–Trinajstić information content (AvgIpc) is 2.80. The fourth-order valence-electron chi connectivity index (χ4n) is 3.69. The Balaban J connectivity index is 1.59. The monoisotopic (exact) mass is 410 g/mol. The number of fused-ring (bicyclic) bond motifs is 1. The van der Waals surface area contributed by atoms with Crippen LogP contribution in [0, 0.1) is 6.92 Å². The van der Waals surface area contributed by atoms with Gasteiger partial charge in [-0.2, -0.15) is 0 Å². The second-order valence-corrected chi connectivity index (χ2v) is 7.72. The summed E-state index contributed by atoms with van der Waals surface area (Å²) in [7, 11) is 0. The molecular formula is C27H26N2O2. The van der Waals surface area contributed by atoms with Gasteiger partial charge < -0.3 is 10.1 Å². The van der Waals surface area contributed by atoms with Crippen molar-refractivity contribution in [2.75, 3.05) is 5.32 Å². The number of carbonyl (C=O) groups excluding carboxylic acids is 1. The zero-order valence-corrected chi connectivity index (χ0v) is 17.8. The summed E-state index contributed by atoms with van der Waals surface area (Å²) in [6.45, 7) is 3.95. The van der Waals surface area contributed by atoms with Crippen LogP contribution in [0.3, 0.4) is 0 Å². The molecule has 1 aromatic heterocycles. The molecule has 1 N–H and O–H groups in total. The Labute approximate surface area is 182 Å². The molecule has 0 saturated heterocycles. The van der Waals surface area contributed by atoms with Gasteiger partial charge in [0.25, 0.3) is 0 Å². The largest absolute Gasteiger partial charge is 0.456 e. The average molecular weight is 411 g/mol. The molecule has 0 bridgehead atoms. The lowest BCUT2D eigenvalue weighted by atomic mass is 10.1. The van der Waals surface area contributed by atoms with Gasteiger partial charge in [0.1, 0.15) is 18.0 Å². The maximum absolute atomic E-state index is 13.2. The minimum absolute atomic E-state index is 0.298.